The fourth-order valence-corrected chi connectivity index (χ4v) is 4.05. The molecule has 6 nitrogen and oxygen atoms in total. The van der Waals surface area contributed by atoms with E-state index in [9.17, 15) is 26.4 Å². The van der Waals surface area contributed by atoms with Gasteiger partial charge in [0.15, 0.2) is 0 Å². The Morgan fingerprint density at radius 1 is 1.10 bits per heavy atom. The molecule has 0 bridgehead atoms. The van der Waals surface area contributed by atoms with Crippen LogP contribution >= 0.6 is 11.3 Å². The molecular weight excluding hydrogens is 427 g/mol. The Balaban J connectivity index is 1.65. The Bertz CT molecular complexity index is 1110. The molecule has 0 aliphatic rings. The average molecular weight is 441 g/mol. The second kappa shape index (κ2) is 8.31. The topological polar surface area (TPSA) is 88.2 Å². The third-order valence-electron chi connectivity index (χ3n) is 3.72. The molecule has 3 rings (SSSR count). The predicted octanol–water partition coefficient (Wildman–Crippen LogP) is 3.75. The van der Waals surface area contributed by atoms with Gasteiger partial charge in [0, 0.05) is 22.8 Å². The van der Waals surface area contributed by atoms with Crippen molar-refractivity contribution >= 4 is 33.0 Å². The molecule has 1 amide bonds. The number of aromatic nitrogens is 1. The highest BCUT2D eigenvalue weighted by Crippen LogP contribution is 2.30. The van der Waals surface area contributed by atoms with Gasteiger partial charge in [0.1, 0.15) is 5.01 Å². The van der Waals surface area contributed by atoms with Crippen LogP contribution in [0.4, 0.5) is 18.9 Å². The number of hydrogen-bond acceptors (Lipinski definition) is 5. The van der Waals surface area contributed by atoms with Crippen molar-refractivity contribution in [3.63, 3.8) is 0 Å². The highest BCUT2D eigenvalue weighted by Gasteiger charge is 2.31. The highest BCUT2D eigenvalue weighted by atomic mass is 32.2. The smallest absolute Gasteiger partial charge is 0.325 e. The van der Waals surface area contributed by atoms with Crippen molar-refractivity contribution in [1.29, 1.82) is 0 Å². The van der Waals surface area contributed by atoms with Crippen LogP contribution in [0, 0.1) is 0 Å². The summed E-state index contributed by atoms with van der Waals surface area (Å²) in [6, 6.07) is 10.1. The first kappa shape index (κ1) is 21.0. The van der Waals surface area contributed by atoms with Crippen LogP contribution in [0.25, 0.3) is 10.6 Å². The van der Waals surface area contributed by atoms with Gasteiger partial charge in [-0.25, -0.2) is 18.1 Å². The van der Waals surface area contributed by atoms with Crippen molar-refractivity contribution in [2.24, 2.45) is 0 Å². The summed E-state index contributed by atoms with van der Waals surface area (Å²) in [5.41, 5.74) is 0.118. The van der Waals surface area contributed by atoms with Gasteiger partial charge >= 0.3 is 6.18 Å². The molecule has 0 saturated heterocycles. The minimum Gasteiger partial charge on any atom is -0.325 e. The summed E-state index contributed by atoms with van der Waals surface area (Å²) in [6.45, 7) is -0.639. The number of amides is 1. The van der Waals surface area contributed by atoms with Crippen molar-refractivity contribution in [3.8, 4) is 10.6 Å². The Kier molecular flexibility index (Phi) is 6.01. The van der Waals surface area contributed by atoms with E-state index in [1.807, 2.05) is 16.2 Å². The van der Waals surface area contributed by atoms with E-state index in [4.69, 9.17) is 0 Å². The van der Waals surface area contributed by atoms with Crippen LogP contribution < -0.4 is 10.0 Å². The van der Waals surface area contributed by atoms with Crippen molar-refractivity contribution in [2.45, 2.75) is 11.1 Å². The van der Waals surface area contributed by atoms with Crippen LogP contribution in [-0.4, -0.2) is 25.9 Å². The van der Waals surface area contributed by atoms with Crippen LogP contribution in [-0.2, 0) is 21.0 Å². The third kappa shape index (κ3) is 5.40. The fourth-order valence-electron chi connectivity index (χ4n) is 2.38. The third-order valence-corrected chi connectivity index (χ3v) is 5.94. The van der Waals surface area contributed by atoms with Gasteiger partial charge in [-0.2, -0.15) is 13.2 Å². The molecule has 29 heavy (non-hydrogen) atoms. The molecule has 0 atom stereocenters. The zero-order valence-corrected chi connectivity index (χ0v) is 16.2. The van der Waals surface area contributed by atoms with Gasteiger partial charge in [-0.15, -0.1) is 11.3 Å². The number of benzene rings is 2. The maximum atomic E-state index is 12.8. The van der Waals surface area contributed by atoms with E-state index in [2.05, 4.69) is 10.3 Å². The van der Waals surface area contributed by atoms with Gasteiger partial charge in [0.25, 0.3) is 0 Å². The van der Waals surface area contributed by atoms with Crippen molar-refractivity contribution in [3.05, 3.63) is 65.7 Å². The molecule has 3 aromatic rings. The summed E-state index contributed by atoms with van der Waals surface area (Å²) < 4.78 is 64.7. The molecule has 0 aliphatic carbocycles. The number of carbonyl (C=O) groups is 1. The van der Waals surface area contributed by atoms with E-state index >= 15 is 0 Å². The first-order valence-electron chi connectivity index (χ1n) is 8.12. The molecule has 0 radical (unpaired) electrons. The summed E-state index contributed by atoms with van der Waals surface area (Å²) in [7, 11) is -4.29. The lowest BCUT2D eigenvalue weighted by atomic mass is 10.2. The number of hydrogen-bond donors (Lipinski definition) is 2. The van der Waals surface area contributed by atoms with Crippen LogP contribution in [0.1, 0.15) is 5.56 Å². The maximum Gasteiger partial charge on any atom is 0.416 e. The number of thiazole rings is 1. The molecule has 0 spiro atoms. The molecule has 1 heterocycles. The zero-order chi connectivity index (χ0) is 21.1. The molecule has 0 saturated carbocycles. The summed E-state index contributed by atoms with van der Waals surface area (Å²) in [6.07, 6.45) is -3.03. The van der Waals surface area contributed by atoms with E-state index < -0.39 is 39.1 Å². The molecule has 11 heteroatoms. The fraction of sp³-hybridized carbons (Fsp3) is 0.111. The zero-order valence-electron chi connectivity index (χ0n) is 14.6. The number of alkyl halides is 3. The Hall–Kier alpha value is -2.76. The molecule has 0 aliphatic heterocycles. The van der Waals surface area contributed by atoms with Gasteiger partial charge in [0.2, 0.25) is 15.9 Å². The van der Waals surface area contributed by atoms with Gasteiger partial charge in [0.05, 0.1) is 17.0 Å². The number of nitrogens with zero attached hydrogens (tertiary/aromatic N) is 1. The van der Waals surface area contributed by atoms with E-state index in [0.717, 1.165) is 28.8 Å². The van der Waals surface area contributed by atoms with Gasteiger partial charge in [-0.05, 0) is 30.3 Å². The van der Waals surface area contributed by atoms with E-state index in [1.54, 1.807) is 24.4 Å². The molecule has 152 valence electrons. The summed E-state index contributed by atoms with van der Waals surface area (Å²) in [5.74, 6) is -0.670. The summed E-state index contributed by atoms with van der Waals surface area (Å²) in [4.78, 5) is 15.7. The highest BCUT2D eigenvalue weighted by molar-refractivity contribution is 7.89. The normalized spacial score (nSPS) is 12.0. The number of rotatable bonds is 6. The second-order valence-corrected chi connectivity index (χ2v) is 8.48. The standard InChI is InChI=1S/C18H14F3N3O3S2/c19-18(20,21)13-4-2-6-15(10-13)29(26,27)23-11-16(25)24-14-5-1-3-12(9-14)17-22-7-8-28-17/h1-10,23H,11H2,(H,24,25). The lowest BCUT2D eigenvalue weighted by Crippen LogP contribution is -2.33. The van der Waals surface area contributed by atoms with Crippen LogP contribution in [0.5, 0.6) is 0 Å². The molecular formula is C18H14F3N3O3S2. The largest absolute Gasteiger partial charge is 0.416 e. The van der Waals surface area contributed by atoms with Crippen LogP contribution in [0.3, 0.4) is 0 Å². The summed E-state index contributed by atoms with van der Waals surface area (Å²) >= 11 is 1.42. The number of halogens is 3. The Labute approximate surface area is 168 Å². The van der Waals surface area contributed by atoms with E-state index in [0.29, 0.717) is 11.8 Å². The number of carbonyl (C=O) groups excluding carboxylic acids is 1. The minimum absolute atomic E-state index is 0.431. The number of anilines is 1. The van der Waals surface area contributed by atoms with Crippen molar-refractivity contribution in [2.75, 3.05) is 11.9 Å². The van der Waals surface area contributed by atoms with Crippen molar-refractivity contribution in [1.82, 2.24) is 9.71 Å². The first-order valence-corrected chi connectivity index (χ1v) is 10.5. The molecule has 2 aromatic carbocycles. The molecule has 0 unspecified atom stereocenters. The van der Waals surface area contributed by atoms with Gasteiger partial charge in [-0.1, -0.05) is 18.2 Å². The average Bonchev–Trinajstić information content (AvgIpc) is 3.21. The van der Waals surface area contributed by atoms with Crippen LogP contribution in [0.2, 0.25) is 0 Å². The predicted molar refractivity (Wildman–Crippen MR) is 103 cm³/mol. The van der Waals surface area contributed by atoms with Crippen LogP contribution in [0.15, 0.2) is 65.0 Å². The lowest BCUT2D eigenvalue weighted by Gasteiger charge is -2.11. The summed E-state index contributed by atoms with van der Waals surface area (Å²) in [5, 5.41) is 5.10. The Morgan fingerprint density at radius 3 is 2.55 bits per heavy atom. The van der Waals surface area contributed by atoms with Gasteiger partial charge in [-0.3, -0.25) is 4.79 Å². The van der Waals surface area contributed by atoms with E-state index in [-0.39, 0.29) is 0 Å². The quantitative estimate of drug-likeness (QED) is 0.610. The molecule has 0 fully saturated rings. The molecule has 1 aromatic heterocycles. The first-order chi connectivity index (χ1) is 13.6. The monoisotopic (exact) mass is 441 g/mol. The van der Waals surface area contributed by atoms with E-state index in [1.165, 1.54) is 11.3 Å². The minimum atomic E-state index is -4.68. The maximum absolute atomic E-state index is 12.8. The molecule has 2 N–H and O–H groups in total. The second-order valence-electron chi connectivity index (χ2n) is 5.82. The number of sulfonamides is 1. The number of nitrogens with one attached hydrogen (secondary N) is 2. The van der Waals surface area contributed by atoms with Gasteiger partial charge < -0.3 is 5.32 Å². The Morgan fingerprint density at radius 2 is 1.86 bits per heavy atom. The SMILES string of the molecule is O=C(CNS(=O)(=O)c1cccc(C(F)(F)F)c1)Nc1cccc(-c2nccs2)c1. The lowest BCUT2D eigenvalue weighted by molar-refractivity contribution is -0.137. The van der Waals surface area contributed by atoms with Crippen molar-refractivity contribution < 1.29 is 26.4 Å².